The molecule has 7 heteroatoms. The predicted octanol–water partition coefficient (Wildman–Crippen LogP) is 2.48. The molecule has 0 bridgehead atoms. The molecule has 0 aliphatic heterocycles. The molecule has 1 aromatic carbocycles. The maximum absolute atomic E-state index is 12.5. The summed E-state index contributed by atoms with van der Waals surface area (Å²) in [5.41, 5.74) is 0.752. The summed E-state index contributed by atoms with van der Waals surface area (Å²) in [7, 11) is -1.71. The van der Waals surface area contributed by atoms with E-state index in [-0.39, 0.29) is 11.9 Å². The zero-order chi connectivity index (χ0) is 16.3. The lowest BCUT2D eigenvalue weighted by atomic mass is 10.1. The highest BCUT2D eigenvalue weighted by Gasteiger charge is 2.21. The molecule has 0 spiro atoms. The van der Waals surface area contributed by atoms with Crippen molar-refractivity contribution in [2.75, 3.05) is 18.0 Å². The summed E-state index contributed by atoms with van der Waals surface area (Å²) in [6, 6.07) is 9.71. The van der Waals surface area contributed by atoms with E-state index in [1.54, 1.807) is 48.5 Å². The van der Waals surface area contributed by atoms with Gasteiger partial charge in [0, 0.05) is 18.3 Å². The van der Waals surface area contributed by atoms with E-state index >= 15 is 0 Å². The normalized spacial score (nSPS) is 12.7. The van der Waals surface area contributed by atoms with Crippen molar-refractivity contribution in [1.82, 2.24) is 4.90 Å². The summed E-state index contributed by atoms with van der Waals surface area (Å²) < 4.78 is 30.2. The van der Waals surface area contributed by atoms with Crippen LogP contribution in [0.25, 0.3) is 0 Å². The third-order valence-corrected chi connectivity index (χ3v) is 3.88. The second kappa shape index (κ2) is 6.23. The van der Waals surface area contributed by atoms with Crippen molar-refractivity contribution in [1.29, 1.82) is 0 Å². The van der Waals surface area contributed by atoms with E-state index in [1.807, 2.05) is 6.92 Å². The summed E-state index contributed by atoms with van der Waals surface area (Å²) in [4.78, 5) is 14.0. The van der Waals surface area contributed by atoms with Crippen LogP contribution in [0.2, 0.25) is 0 Å². The molecule has 0 radical (unpaired) electrons. The molecule has 0 aliphatic carbocycles. The van der Waals surface area contributed by atoms with Gasteiger partial charge in [0.15, 0.2) is 0 Å². The van der Waals surface area contributed by atoms with Gasteiger partial charge in [0.25, 0.3) is 5.91 Å². The van der Waals surface area contributed by atoms with Gasteiger partial charge in [0.2, 0.25) is 10.0 Å². The molecule has 0 saturated heterocycles. The topological polar surface area (TPSA) is 79.6 Å². The second-order valence-corrected chi connectivity index (χ2v) is 6.81. The van der Waals surface area contributed by atoms with Crippen LogP contribution in [0.3, 0.4) is 0 Å². The molecule has 2 aromatic rings. The minimum absolute atomic E-state index is 0.221. The average molecular weight is 322 g/mol. The van der Waals surface area contributed by atoms with E-state index in [0.29, 0.717) is 17.0 Å². The quantitative estimate of drug-likeness (QED) is 0.917. The fourth-order valence-electron chi connectivity index (χ4n) is 2.03. The molecule has 1 unspecified atom stereocenters. The van der Waals surface area contributed by atoms with E-state index < -0.39 is 10.0 Å². The molecular weight excluding hydrogens is 304 g/mol. The van der Waals surface area contributed by atoms with Crippen molar-refractivity contribution < 1.29 is 17.6 Å². The van der Waals surface area contributed by atoms with Crippen LogP contribution >= 0.6 is 0 Å². The molecule has 1 heterocycles. The Bertz CT molecular complexity index is 754. The molecule has 1 amide bonds. The van der Waals surface area contributed by atoms with E-state index in [2.05, 4.69) is 4.72 Å². The number of amides is 1. The number of anilines is 1. The number of furan rings is 1. The lowest BCUT2D eigenvalue weighted by Gasteiger charge is -2.23. The largest absolute Gasteiger partial charge is 0.467 e. The third-order valence-electron chi connectivity index (χ3n) is 3.27. The van der Waals surface area contributed by atoms with Gasteiger partial charge in [-0.25, -0.2) is 8.42 Å². The van der Waals surface area contributed by atoms with Crippen LogP contribution in [0, 0.1) is 0 Å². The van der Waals surface area contributed by atoms with Crippen LogP contribution in [0.5, 0.6) is 0 Å². The third kappa shape index (κ3) is 3.88. The van der Waals surface area contributed by atoms with Gasteiger partial charge in [-0.05, 0) is 37.3 Å². The number of nitrogens with zero attached hydrogens (tertiary/aromatic N) is 1. The summed E-state index contributed by atoms with van der Waals surface area (Å²) >= 11 is 0. The maximum atomic E-state index is 12.5. The van der Waals surface area contributed by atoms with Gasteiger partial charge >= 0.3 is 0 Å². The van der Waals surface area contributed by atoms with Gasteiger partial charge in [0.05, 0.1) is 18.6 Å². The molecule has 1 atom stereocenters. The number of carbonyl (C=O) groups is 1. The molecule has 6 nitrogen and oxygen atoms in total. The first-order valence-corrected chi connectivity index (χ1v) is 8.55. The first-order valence-electron chi connectivity index (χ1n) is 6.66. The van der Waals surface area contributed by atoms with Crippen LogP contribution in [-0.2, 0) is 10.0 Å². The Kier molecular flexibility index (Phi) is 4.56. The minimum Gasteiger partial charge on any atom is -0.467 e. The Morgan fingerprint density at radius 2 is 2.00 bits per heavy atom. The number of carbonyl (C=O) groups excluding carboxylic acids is 1. The Labute approximate surface area is 129 Å². The van der Waals surface area contributed by atoms with Gasteiger partial charge in [-0.15, -0.1) is 0 Å². The van der Waals surface area contributed by atoms with Gasteiger partial charge in [-0.2, -0.15) is 0 Å². The Morgan fingerprint density at radius 3 is 2.59 bits per heavy atom. The maximum Gasteiger partial charge on any atom is 0.254 e. The number of rotatable bonds is 5. The Morgan fingerprint density at radius 1 is 1.27 bits per heavy atom. The fraction of sp³-hybridized carbons (Fsp3) is 0.267. The summed E-state index contributed by atoms with van der Waals surface area (Å²) in [5, 5.41) is 0. The van der Waals surface area contributed by atoms with Crippen LogP contribution in [0.15, 0.2) is 47.1 Å². The highest BCUT2D eigenvalue weighted by molar-refractivity contribution is 7.92. The molecule has 0 aliphatic rings. The molecule has 0 saturated carbocycles. The summed E-state index contributed by atoms with van der Waals surface area (Å²) in [6.45, 7) is 1.86. The second-order valence-electron chi connectivity index (χ2n) is 5.06. The monoisotopic (exact) mass is 322 g/mol. The van der Waals surface area contributed by atoms with Gasteiger partial charge in [0.1, 0.15) is 5.76 Å². The van der Waals surface area contributed by atoms with Crippen molar-refractivity contribution in [3.63, 3.8) is 0 Å². The number of nitrogens with one attached hydrogen (secondary N) is 1. The van der Waals surface area contributed by atoms with E-state index in [1.165, 1.54) is 6.07 Å². The summed E-state index contributed by atoms with van der Waals surface area (Å²) in [6.07, 6.45) is 2.62. The fourth-order valence-corrected chi connectivity index (χ4v) is 2.58. The lowest BCUT2D eigenvalue weighted by Crippen LogP contribution is -2.29. The van der Waals surface area contributed by atoms with Crippen molar-refractivity contribution in [3.05, 3.63) is 54.0 Å². The van der Waals surface area contributed by atoms with Gasteiger partial charge in [-0.1, -0.05) is 6.07 Å². The predicted molar refractivity (Wildman–Crippen MR) is 84.1 cm³/mol. The smallest absolute Gasteiger partial charge is 0.254 e. The van der Waals surface area contributed by atoms with Crippen molar-refractivity contribution >= 4 is 21.6 Å². The van der Waals surface area contributed by atoms with E-state index in [0.717, 1.165) is 6.26 Å². The van der Waals surface area contributed by atoms with Crippen LogP contribution in [-0.4, -0.2) is 32.5 Å². The number of sulfonamides is 1. The van der Waals surface area contributed by atoms with Crippen LogP contribution in [0.1, 0.15) is 29.1 Å². The van der Waals surface area contributed by atoms with Crippen molar-refractivity contribution in [3.8, 4) is 0 Å². The van der Waals surface area contributed by atoms with Crippen LogP contribution in [0.4, 0.5) is 5.69 Å². The SMILES string of the molecule is CC(c1ccco1)N(C)C(=O)c1cccc(NS(C)(=O)=O)c1. The highest BCUT2D eigenvalue weighted by Crippen LogP contribution is 2.22. The zero-order valence-corrected chi connectivity index (χ0v) is 13.4. The van der Waals surface area contributed by atoms with Gasteiger partial charge < -0.3 is 9.32 Å². The number of hydrogen-bond acceptors (Lipinski definition) is 4. The molecule has 0 fully saturated rings. The highest BCUT2D eigenvalue weighted by atomic mass is 32.2. The Hall–Kier alpha value is -2.28. The lowest BCUT2D eigenvalue weighted by molar-refractivity contribution is 0.0726. The molecule has 22 heavy (non-hydrogen) atoms. The van der Waals surface area contributed by atoms with Gasteiger partial charge in [-0.3, -0.25) is 9.52 Å². The van der Waals surface area contributed by atoms with Crippen molar-refractivity contribution in [2.45, 2.75) is 13.0 Å². The van der Waals surface area contributed by atoms with Crippen LogP contribution < -0.4 is 4.72 Å². The standard InChI is InChI=1S/C15H18N2O4S/c1-11(14-8-5-9-21-14)17(2)15(18)12-6-4-7-13(10-12)16-22(3,19)20/h4-11,16H,1-3H3. The molecule has 2 rings (SSSR count). The Balaban J connectivity index is 2.20. The molecule has 1 N–H and O–H groups in total. The zero-order valence-electron chi connectivity index (χ0n) is 12.6. The van der Waals surface area contributed by atoms with E-state index in [9.17, 15) is 13.2 Å². The average Bonchev–Trinajstić information content (AvgIpc) is 2.97. The van der Waals surface area contributed by atoms with Crippen molar-refractivity contribution in [2.24, 2.45) is 0 Å². The molecular formula is C15H18N2O4S. The minimum atomic E-state index is -3.38. The van der Waals surface area contributed by atoms with E-state index in [4.69, 9.17) is 4.42 Å². The molecule has 1 aromatic heterocycles. The first-order chi connectivity index (χ1) is 10.3. The number of hydrogen-bond donors (Lipinski definition) is 1. The first kappa shape index (κ1) is 16.1. The summed E-state index contributed by atoms with van der Waals surface area (Å²) in [5.74, 6) is 0.460. The molecule has 118 valence electrons. The number of benzene rings is 1.